The number of hydrogen-bond donors (Lipinski definition) is 1. The van der Waals surface area contributed by atoms with E-state index in [0.29, 0.717) is 6.54 Å². The van der Waals surface area contributed by atoms with Crippen molar-refractivity contribution < 1.29 is 30.5 Å². The summed E-state index contributed by atoms with van der Waals surface area (Å²) in [5.74, 6) is 0. The molecule has 0 aromatic carbocycles. The lowest BCUT2D eigenvalue weighted by Crippen LogP contribution is -2.59. The standard InChI is InChI=1S/C6H11FN2.CHF3O3S/c7-6-5-8-1-3-9(6)4-2-8;2-1(3,4)8(5,6)7/h6H,1-5H2;(H,5,6,7). The summed E-state index contributed by atoms with van der Waals surface area (Å²) in [5, 5.41) is 0. The molecule has 5 nitrogen and oxygen atoms in total. The van der Waals surface area contributed by atoms with E-state index in [4.69, 9.17) is 13.0 Å². The molecule has 1 atom stereocenters. The average molecular weight is 280 g/mol. The third-order valence-electron chi connectivity index (χ3n) is 2.50. The zero-order valence-electron chi connectivity index (χ0n) is 8.69. The van der Waals surface area contributed by atoms with Crippen molar-refractivity contribution >= 4 is 10.1 Å². The van der Waals surface area contributed by atoms with Crippen LogP contribution in [0.2, 0.25) is 0 Å². The van der Waals surface area contributed by atoms with Gasteiger partial charge < -0.3 is 0 Å². The van der Waals surface area contributed by atoms with Crippen LogP contribution in [0.25, 0.3) is 0 Å². The van der Waals surface area contributed by atoms with Crippen molar-refractivity contribution in [3.63, 3.8) is 0 Å². The molecular formula is C7H12F4N2O3S. The van der Waals surface area contributed by atoms with Crippen molar-refractivity contribution in [2.45, 2.75) is 11.8 Å². The Morgan fingerprint density at radius 1 is 1.12 bits per heavy atom. The lowest BCUT2D eigenvalue weighted by molar-refractivity contribution is -0.0510. The molecule has 0 spiro atoms. The van der Waals surface area contributed by atoms with E-state index < -0.39 is 21.9 Å². The maximum atomic E-state index is 12.8. The van der Waals surface area contributed by atoms with Gasteiger partial charge in [0.1, 0.15) is 0 Å². The molecular weight excluding hydrogens is 268 g/mol. The quantitative estimate of drug-likeness (QED) is 0.299. The summed E-state index contributed by atoms with van der Waals surface area (Å²) in [6.45, 7) is 4.64. The summed E-state index contributed by atoms with van der Waals surface area (Å²) in [4.78, 5) is 4.10. The van der Waals surface area contributed by atoms with E-state index in [1.807, 2.05) is 4.90 Å². The minimum atomic E-state index is -5.84. The van der Waals surface area contributed by atoms with E-state index in [0.717, 1.165) is 26.2 Å². The Morgan fingerprint density at radius 3 is 1.65 bits per heavy atom. The van der Waals surface area contributed by atoms with E-state index in [9.17, 15) is 17.6 Å². The van der Waals surface area contributed by atoms with Gasteiger partial charge in [-0.2, -0.15) is 21.6 Å². The van der Waals surface area contributed by atoms with Crippen molar-refractivity contribution in [2.75, 3.05) is 32.7 Å². The van der Waals surface area contributed by atoms with Gasteiger partial charge in [0, 0.05) is 32.7 Å². The van der Waals surface area contributed by atoms with Crippen LogP contribution in [0.3, 0.4) is 0 Å². The summed E-state index contributed by atoms with van der Waals surface area (Å²) in [6.07, 6.45) is -0.674. The Balaban J connectivity index is 0.000000172. The number of halogens is 4. The molecule has 0 aromatic heterocycles. The molecule has 3 aliphatic heterocycles. The Bertz CT molecular complexity index is 351. The van der Waals surface area contributed by atoms with E-state index in [2.05, 4.69) is 4.90 Å². The van der Waals surface area contributed by atoms with Gasteiger partial charge in [-0.15, -0.1) is 0 Å². The third-order valence-corrected chi connectivity index (χ3v) is 3.09. The van der Waals surface area contributed by atoms with E-state index in [1.54, 1.807) is 0 Å². The molecule has 0 amide bonds. The molecule has 0 radical (unpaired) electrons. The molecule has 2 bridgehead atoms. The van der Waals surface area contributed by atoms with E-state index in [1.165, 1.54) is 0 Å². The predicted octanol–water partition coefficient (Wildman–Crippen LogP) is 0.307. The van der Waals surface area contributed by atoms with Crippen molar-refractivity contribution in [3.8, 4) is 0 Å². The summed E-state index contributed by atoms with van der Waals surface area (Å²) in [5.41, 5.74) is -5.53. The van der Waals surface area contributed by atoms with E-state index in [-0.39, 0.29) is 0 Å². The molecule has 3 aliphatic rings. The van der Waals surface area contributed by atoms with Crippen molar-refractivity contribution in [1.82, 2.24) is 9.80 Å². The van der Waals surface area contributed by atoms with Crippen LogP contribution in [0.5, 0.6) is 0 Å². The van der Waals surface area contributed by atoms with Crippen LogP contribution in [-0.4, -0.2) is 67.3 Å². The predicted molar refractivity (Wildman–Crippen MR) is 50.5 cm³/mol. The van der Waals surface area contributed by atoms with Crippen LogP contribution in [-0.2, 0) is 10.1 Å². The zero-order valence-corrected chi connectivity index (χ0v) is 9.51. The van der Waals surface area contributed by atoms with Crippen LogP contribution < -0.4 is 0 Å². The average Bonchev–Trinajstić information content (AvgIpc) is 2.16. The number of alkyl halides is 4. The van der Waals surface area contributed by atoms with Crippen molar-refractivity contribution in [2.24, 2.45) is 0 Å². The highest BCUT2D eigenvalue weighted by atomic mass is 32.2. The van der Waals surface area contributed by atoms with Gasteiger partial charge in [-0.05, 0) is 0 Å². The molecule has 0 aromatic rings. The zero-order chi connectivity index (χ0) is 13.3. The van der Waals surface area contributed by atoms with Gasteiger partial charge in [0.15, 0.2) is 6.30 Å². The first-order chi connectivity index (χ1) is 7.61. The summed E-state index contributed by atoms with van der Waals surface area (Å²) >= 11 is 0. The van der Waals surface area contributed by atoms with Gasteiger partial charge in [-0.1, -0.05) is 0 Å². The molecule has 3 heterocycles. The smallest absolute Gasteiger partial charge is 0.297 e. The molecule has 1 unspecified atom stereocenters. The maximum absolute atomic E-state index is 12.8. The number of piperazine rings is 3. The highest BCUT2D eigenvalue weighted by molar-refractivity contribution is 7.86. The lowest BCUT2D eigenvalue weighted by atomic mass is 10.2. The monoisotopic (exact) mass is 280 g/mol. The molecule has 0 saturated carbocycles. The third kappa shape index (κ3) is 4.05. The highest BCUT2D eigenvalue weighted by Crippen LogP contribution is 2.20. The molecule has 0 aliphatic carbocycles. The Hall–Kier alpha value is -0.450. The lowest BCUT2D eigenvalue weighted by Gasteiger charge is -2.43. The minimum absolute atomic E-state index is 0.639. The fourth-order valence-corrected chi connectivity index (χ4v) is 1.55. The van der Waals surface area contributed by atoms with Crippen LogP contribution in [0.15, 0.2) is 0 Å². The first kappa shape index (κ1) is 14.6. The normalized spacial score (nSPS) is 32.9. The second kappa shape index (κ2) is 5.04. The number of rotatable bonds is 0. The van der Waals surface area contributed by atoms with Gasteiger partial charge in [0.05, 0.1) is 0 Å². The molecule has 3 rings (SSSR count). The number of hydrogen-bond acceptors (Lipinski definition) is 4. The maximum Gasteiger partial charge on any atom is 0.522 e. The van der Waals surface area contributed by atoms with Gasteiger partial charge in [-0.3, -0.25) is 14.4 Å². The SMILES string of the molecule is FC1CN2CCN1CC2.O=S(=O)(O)C(F)(F)F. The summed E-state index contributed by atoms with van der Waals surface area (Å²) < 4.78 is 70.3. The molecule has 3 fully saturated rings. The number of nitrogens with zero attached hydrogens (tertiary/aromatic N) is 2. The Labute approximate surface area is 95.7 Å². The van der Waals surface area contributed by atoms with Gasteiger partial charge in [0.2, 0.25) is 0 Å². The second-order valence-corrected chi connectivity index (χ2v) is 5.10. The summed E-state index contributed by atoms with van der Waals surface area (Å²) in [6, 6.07) is 0. The molecule has 10 heteroatoms. The Morgan fingerprint density at radius 2 is 1.53 bits per heavy atom. The second-order valence-electron chi connectivity index (χ2n) is 3.69. The van der Waals surface area contributed by atoms with Gasteiger partial charge in [0.25, 0.3) is 0 Å². The topological polar surface area (TPSA) is 60.9 Å². The van der Waals surface area contributed by atoms with Crippen LogP contribution in [0.1, 0.15) is 0 Å². The largest absolute Gasteiger partial charge is 0.522 e. The first-order valence-electron chi connectivity index (χ1n) is 4.75. The van der Waals surface area contributed by atoms with Crippen molar-refractivity contribution in [1.29, 1.82) is 0 Å². The van der Waals surface area contributed by atoms with Crippen LogP contribution in [0, 0.1) is 0 Å². The van der Waals surface area contributed by atoms with E-state index >= 15 is 0 Å². The minimum Gasteiger partial charge on any atom is -0.297 e. The summed E-state index contributed by atoms with van der Waals surface area (Å²) in [7, 11) is -5.84. The molecule has 102 valence electrons. The Kier molecular flexibility index (Phi) is 4.33. The molecule has 1 N–H and O–H groups in total. The van der Waals surface area contributed by atoms with Crippen LogP contribution >= 0.6 is 0 Å². The first-order valence-corrected chi connectivity index (χ1v) is 6.19. The van der Waals surface area contributed by atoms with Crippen molar-refractivity contribution in [3.05, 3.63) is 0 Å². The fraction of sp³-hybridized carbons (Fsp3) is 1.00. The highest BCUT2D eigenvalue weighted by Gasteiger charge is 2.44. The number of fused-ring (bicyclic) bond motifs is 3. The van der Waals surface area contributed by atoms with Crippen LogP contribution in [0.4, 0.5) is 17.6 Å². The van der Waals surface area contributed by atoms with Gasteiger partial charge >= 0.3 is 15.6 Å². The van der Waals surface area contributed by atoms with Gasteiger partial charge in [-0.25, -0.2) is 4.39 Å². The fourth-order valence-electron chi connectivity index (χ4n) is 1.55. The molecule has 3 saturated heterocycles. The molecule has 17 heavy (non-hydrogen) atoms.